The third-order valence-corrected chi connectivity index (χ3v) is 2.63. The van der Waals surface area contributed by atoms with Gasteiger partial charge in [-0.3, -0.25) is 0 Å². The van der Waals surface area contributed by atoms with Gasteiger partial charge in [0.25, 0.3) is 0 Å². The number of fused-ring (bicyclic) bond motifs is 1. The van der Waals surface area contributed by atoms with Crippen LogP contribution in [0.3, 0.4) is 0 Å². The highest BCUT2D eigenvalue weighted by Crippen LogP contribution is 2.30. The van der Waals surface area contributed by atoms with Crippen LogP contribution in [0.1, 0.15) is 30.5 Å². The van der Waals surface area contributed by atoms with Crippen molar-refractivity contribution in [1.82, 2.24) is 5.32 Å². The molecule has 1 N–H and O–H groups in total. The van der Waals surface area contributed by atoms with E-state index < -0.39 is 0 Å². The lowest BCUT2D eigenvalue weighted by Gasteiger charge is -2.19. The van der Waals surface area contributed by atoms with Crippen LogP contribution in [0.25, 0.3) is 0 Å². The zero-order chi connectivity index (χ0) is 9.47. The first-order valence-corrected chi connectivity index (χ1v) is 4.42. The summed E-state index contributed by atoms with van der Waals surface area (Å²) < 4.78 is 0. The molecule has 2 heteroatoms. The Morgan fingerprint density at radius 3 is 2.92 bits per heavy atom. The second-order valence-corrected chi connectivity index (χ2v) is 3.96. The van der Waals surface area contributed by atoms with Gasteiger partial charge in [-0.05, 0) is 37.1 Å². The predicted octanol–water partition coefficient (Wildman–Crippen LogP) is 1.90. The van der Waals surface area contributed by atoms with Crippen molar-refractivity contribution >= 4 is 0 Å². The lowest BCUT2D eigenvalue weighted by Crippen LogP contribution is -2.28. The summed E-state index contributed by atoms with van der Waals surface area (Å²) in [6.45, 7) is 5.19. The molecule has 2 rings (SSSR count). The molecule has 0 atom stereocenters. The molecule has 0 bridgehead atoms. The number of nitrogens with zero attached hydrogens (tertiary/aromatic N) is 1. The maximum Gasteiger partial charge on any atom is 0.0991 e. The number of benzene rings is 1. The Kier molecular flexibility index (Phi) is 1.64. The van der Waals surface area contributed by atoms with Gasteiger partial charge in [0.05, 0.1) is 11.6 Å². The van der Waals surface area contributed by atoms with E-state index >= 15 is 0 Å². The van der Waals surface area contributed by atoms with Crippen molar-refractivity contribution < 1.29 is 0 Å². The number of nitriles is 1. The normalized spacial score (nSPS) is 17.9. The molecule has 0 aliphatic carbocycles. The van der Waals surface area contributed by atoms with Gasteiger partial charge in [0, 0.05) is 12.1 Å². The Balaban J connectivity index is 2.54. The minimum Gasteiger partial charge on any atom is -0.304 e. The molecule has 1 aliphatic rings. The SMILES string of the molecule is CC1(C)NCc2cc(C#N)ccc21. The molecule has 1 aliphatic heterocycles. The first-order valence-electron chi connectivity index (χ1n) is 4.42. The number of rotatable bonds is 0. The Morgan fingerprint density at radius 2 is 2.23 bits per heavy atom. The van der Waals surface area contributed by atoms with E-state index in [9.17, 15) is 0 Å². The van der Waals surface area contributed by atoms with Crippen molar-refractivity contribution in [3.63, 3.8) is 0 Å². The maximum absolute atomic E-state index is 8.73. The van der Waals surface area contributed by atoms with Crippen LogP contribution in [0, 0.1) is 11.3 Å². The van der Waals surface area contributed by atoms with Crippen molar-refractivity contribution in [3.8, 4) is 6.07 Å². The van der Waals surface area contributed by atoms with Crippen LogP contribution < -0.4 is 5.32 Å². The Morgan fingerprint density at radius 1 is 1.46 bits per heavy atom. The molecule has 66 valence electrons. The van der Waals surface area contributed by atoms with Gasteiger partial charge in [-0.25, -0.2) is 0 Å². The van der Waals surface area contributed by atoms with Crippen LogP contribution in [0.2, 0.25) is 0 Å². The van der Waals surface area contributed by atoms with E-state index in [0.29, 0.717) is 0 Å². The summed E-state index contributed by atoms with van der Waals surface area (Å²) in [6, 6.07) is 8.06. The van der Waals surface area contributed by atoms with Gasteiger partial charge in [-0.15, -0.1) is 0 Å². The molecule has 0 saturated heterocycles. The largest absolute Gasteiger partial charge is 0.304 e. The molecule has 13 heavy (non-hydrogen) atoms. The molecule has 1 aromatic carbocycles. The van der Waals surface area contributed by atoms with E-state index in [4.69, 9.17) is 5.26 Å². The van der Waals surface area contributed by atoms with Crippen LogP contribution >= 0.6 is 0 Å². The van der Waals surface area contributed by atoms with Gasteiger partial charge in [0.15, 0.2) is 0 Å². The average Bonchev–Trinajstić information content (AvgIpc) is 2.42. The van der Waals surface area contributed by atoms with Crippen molar-refractivity contribution in [2.24, 2.45) is 0 Å². The fraction of sp³-hybridized carbons (Fsp3) is 0.364. The molecule has 1 heterocycles. The van der Waals surface area contributed by atoms with Crippen LogP contribution in [-0.4, -0.2) is 0 Å². The van der Waals surface area contributed by atoms with Gasteiger partial charge >= 0.3 is 0 Å². The molecule has 0 radical (unpaired) electrons. The molecule has 1 aromatic rings. The third-order valence-electron chi connectivity index (χ3n) is 2.63. The molecule has 0 fully saturated rings. The van der Waals surface area contributed by atoms with E-state index in [1.54, 1.807) is 0 Å². The first kappa shape index (κ1) is 8.28. The molecule has 0 spiro atoms. The molecular weight excluding hydrogens is 160 g/mol. The standard InChI is InChI=1S/C11H12N2/c1-11(2)10-4-3-8(6-12)5-9(10)7-13-11/h3-5,13H,7H2,1-2H3. The van der Waals surface area contributed by atoms with Gasteiger partial charge in [0.2, 0.25) is 0 Å². The second-order valence-electron chi connectivity index (χ2n) is 3.96. The zero-order valence-corrected chi connectivity index (χ0v) is 7.89. The van der Waals surface area contributed by atoms with Crippen molar-refractivity contribution in [1.29, 1.82) is 5.26 Å². The third kappa shape index (κ3) is 1.22. The number of hydrogen-bond acceptors (Lipinski definition) is 2. The highest BCUT2D eigenvalue weighted by molar-refractivity contribution is 5.43. The lowest BCUT2D eigenvalue weighted by molar-refractivity contribution is 0.442. The van der Waals surface area contributed by atoms with E-state index in [-0.39, 0.29) is 5.54 Å². The zero-order valence-electron chi connectivity index (χ0n) is 7.89. The average molecular weight is 172 g/mol. The second kappa shape index (κ2) is 2.58. The molecule has 0 unspecified atom stereocenters. The Hall–Kier alpha value is -1.33. The van der Waals surface area contributed by atoms with Crippen LogP contribution in [-0.2, 0) is 12.1 Å². The van der Waals surface area contributed by atoms with Crippen molar-refractivity contribution in [2.45, 2.75) is 25.9 Å². The number of nitrogens with one attached hydrogen (secondary N) is 1. The molecule has 0 amide bonds. The van der Waals surface area contributed by atoms with E-state index in [2.05, 4.69) is 25.2 Å². The van der Waals surface area contributed by atoms with E-state index in [0.717, 1.165) is 12.1 Å². The monoisotopic (exact) mass is 172 g/mol. The number of hydrogen-bond donors (Lipinski definition) is 1. The van der Waals surface area contributed by atoms with Gasteiger partial charge < -0.3 is 5.32 Å². The smallest absolute Gasteiger partial charge is 0.0991 e. The van der Waals surface area contributed by atoms with Crippen molar-refractivity contribution in [3.05, 3.63) is 34.9 Å². The maximum atomic E-state index is 8.73. The van der Waals surface area contributed by atoms with E-state index in [1.165, 1.54) is 11.1 Å². The summed E-state index contributed by atoms with van der Waals surface area (Å²) in [6.07, 6.45) is 0. The Labute approximate surface area is 78.2 Å². The highest BCUT2D eigenvalue weighted by atomic mass is 15.0. The summed E-state index contributed by atoms with van der Waals surface area (Å²) in [5.41, 5.74) is 3.37. The minimum absolute atomic E-state index is 0.0588. The molecule has 2 nitrogen and oxygen atoms in total. The van der Waals surface area contributed by atoms with Gasteiger partial charge in [0.1, 0.15) is 0 Å². The predicted molar refractivity (Wildman–Crippen MR) is 51.0 cm³/mol. The minimum atomic E-state index is 0.0588. The fourth-order valence-corrected chi connectivity index (χ4v) is 1.83. The van der Waals surface area contributed by atoms with E-state index in [1.807, 2.05) is 18.2 Å². The summed E-state index contributed by atoms with van der Waals surface area (Å²) >= 11 is 0. The first-order chi connectivity index (χ1) is 6.13. The van der Waals surface area contributed by atoms with Crippen LogP contribution in [0.15, 0.2) is 18.2 Å². The quantitative estimate of drug-likeness (QED) is 0.648. The van der Waals surface area contributed by atoms with Gasteiger partial charge in [-0.2, -0.15) is 5.26 Å². The Bertz CT molecular complexity index is 386. The summed E-state index contributed by atoms with van der Waals surface area (Å²) in [7, 11) is 0. The highest BCUT2D eigenvalue weighted by Gasteiger charge is 2.28. The summed E-state index contributed by atoms with van der Waals surface area (Å²) in [4.78, 5) is 0. The fourth-order valence-electron chi connectivity index (χ4n) is 1.83. The topological polar surface area (TPSA) is 35.8 Å². The van der Waals surface area contributed by atoms with Crippen molar-refractivity contribution in [2.75, 3.05) is 0 Å². The van der Waals surface area contributed by atoms with Crippen LogP contribution in [0.4, 0.5) is 0 Å². The molecule has 0 aromatic heterocycles. The molecule has 0 saturated carbocycles. The summed E-state index contributed by atoms with van der Waals surface area (Å²) in [5, 5.41) is 12.1. The van der Waals surface area contributed by atoms with Crippen LogP contribution in [0.5, 0.6) is 0 Å². The summed E-state index contributed by atoms with van der Waals surface area (Å²) in [5.74, 6) is 0. The molecular formula is C11H12N2. The van der Waals surface area contributed by atoms with Gasteiger partial charge in [-0.1, -0.05) is 6.07 Å². The lowest BCUT2D eigenvalue weighted by atomic mass is 9.94.